The van der Waals surface area contributed by atoms with Crippen LogP contribution in [0.4, 0.5) is 0 Å². The Morgan fingerprint density at radius 2 is 2.46 bits per heavy atom. The second kappa shape index (κ2) is 4.82. The van der Waals surface area contributed by atoms with E-state index in [-0.39, 0.29) is 18.5 Å². The summed E-state index contributed by atoms with van der Waals surface area (Å²) in [5.41, 5.74) is 0. The quantitative estimate of drug-likeness (QED) is 0.530. The van der Waals surface area contributed by atoms with Crippen molar-refractivity contribution in [3.8, 4) is 0 Å². The van der Waals surface area contributed by atoms with Crippen LogP contribution in [0.2, 0.25) is 0 Å². The van der Waals surface area contributed by atoms with E-state index in [9.17, 15) is 4.79 Å². The largest absolute Gasteiger partial charge is 0.431 e. The van der Waals surface area contributed by atoms with Gasteiger partial charge in [0.05, 0.1) is 12.5 Å². The molecule has 0 aromatic heterocycles. The molecule has 0 aromatic rings. The van der Waals surface area contributed by atoms with E-state index in [0.29, 0.717) is 6.42 Å². The van der Waals surface area contributed by atoms with Gasteiger partial charge < -0.3 is 9.84 Å². The van der Waals surface area contributed by atoms with Crippen LogP contribution < -0.4 is 0 Å². The van der Waals surface area contributed by atoms with Crippen molar-refractivity contribution in [2.45, 2.75) is 19.8 Å². The molecule has 72 valence electrons. The van der Waals surface area contributed by atoms with Gasteiger partial charge in [-0.1, -0.05) is 19.1 Å². The molecule has 0 aliphatic carbocycles. The summed E-state index contributed by atoms with van der Waals surface area (Å²) >= 11 is 0. The molecular formula is C10H14O3. The van der Waals surface area contributed by atoms with E-state index in [2.05, 4.69) is 0 Å². The Morgan fingerprint density at radius 3 is 3.08 bits per heavy atom. The number of rotatable bonds is 3. The van der Waals surface area contributed by atoms with Gasteiger partial charge in [0, 0.05) is 6.42 Å². The number of aliphatic hydroxyl groups excluding tert-OH is 1. The van der Waals surface area contributed by atoms with E-state index in [0.717, 1.165) is 12.2 Å². The molecule has 1 atom stereocenters. The summed E-state index contributed by atoms with van der Waals surface area (Å²) in [6, 6.07) is 0. The van der Waals surface area contributed by atoms with Crippen LogP contribution in [-0.2, 0) is 9.53 Å². The summed E-state index contributed by atoms with van der Waals surface area (Å²) in [7, 11) is 0. The first-order valence-corrected chi connectivity index (χ1v) is 4.46. The summed E-state index contributed by atoms with van der Waals surface area (Å²) in [6.45, 7) is 1.97. The smallest absolute Gasteiger partial charge is 0.318 e. The zero-order valence-electron chi connectivity index (χ0n) is 7.69. The summed E-state index contributed by atoms with van der Waals surface area (Å²) in [5, 5.41) is 8.53. The molecule has 1 aliphatic heterocycles. The second-order valence-electron chi connectivity index (χ2n) is 2.92. The Bertz CT molecular complexity index is 241. The predicted octanol–water partition coefficient (Wildman–Crippen LogP) is 1.39. The van der Waals surface area contributed by atoms with Crippen LogP contribution in [0.5, 0.6) is 0 Å². The normalized spacial score (nSPS) is 25.8. The molecule has 3 nitrogen and oxygen atoms in total. The highest BCUT2D eigenvalue weighted by Gasteiger charge is 2.27. The molecular weight excluding hydrogens is 168 g/mol. The topological polar surface area (TPSA) is 46.5 Å². The maximum atomic E-state index is 11.2. The van der Waals surface area contributed by atoms with Crippen LogP contribution in [0.3, 0.4) is 0 Å². The van der Waals surface area contributed by atoms with Gasteiger partial charge in [-0.15, -0.1) is 0 Å². The van der Waals surface area contributed by atoms with E-state index >= 15 is 0 Å². The third-order valence-electron chi connectivity index (χ3n) is 1.86. The average Bonchev–Trinajstić information content (AvgIpc) is 2.44. The minimum absolute atomic E-state index is 0.0311. The fourth-order valence-corrected chi connectivity index (χ4v) is 1.27. The number of cyclic esters (lactones) is 1. The first kappa shape index (κ1) is 9.99. The molecule has 0 amide bonds. The first-order chi connectivity index (χ1) is 6.27. The Balaban J connectivity index is 2.56. The van der Waals surface area contributed by atoms with Gasteiger partial charge in [-0.3, -0.25) is 4.79 Å². The lowest BCUT2D eigenvalue weighted by Crippen LogP contribution is -2.03. The molecule has 0 spiro atoms. The minimum Gasteiger partial charge on any atom is -0.431 e. The van der Waals surface area contributed by atoms with E-state index in [1.54, 1.807) is 12.2 Å². The lowest BCUT2D eigenvalue weighted by Gasteiger charge is -1.93. The molecule has 13 heavy (non-hydrogen) atoms. The Morgan fingerprint density at radius 1 is 1.69 bits per heavy atom. The fraction of sp³-hybridized carbons (Fsp3) is 0.500. The van der Waals surface area contributed by atoms with E-state index in [1.807, 2.05) is 13.0 Å². The molecule has 3 heteroatoms. The van der Waals surface area contributed by atoms with E-state index in [4.69, 9.17) is 9.84 Å². The molecule has 1 fully saturated rings. The number of aliphatic hydroxyl groups is 1. The van der Waals surface area contributed by atoms with Gasteiger partial charge in [-0.2, -0.15) is 0 Å². The summed E-state index contributed by atoms with van der Waals surface area (Å²) < 4.78 is 5.00. The SMILES string of the molecule is CC/C=C1/CC(/C=C/CO)C(=O)O1. The van der Waals surface area contributed by atoms with Gasteiger partial charge in [0.1, 0.15) is 5.76 Å². The van der Waals surface area contributed by atoms with Crippen molar-refractivity contribution < 1.29 is 14.6 Å². The Kier molecular flexibility index (Phi) is 3.71. The molecule has 0 aromatic carbocycles. The highest BCUT2D eigenvalue weighted by atomic mass is 16.5. The predicted molar refractivity (Wildman–Crippen MR) is 48.8 cm³/mol. The molecule has 1 heterocycles. The zero-order valence-corrected chi connectivity index (χ0v) is 7.69. The number of hydrogen-bond acceptors (Lipinski definition) is 3. The molecule has 1 unspecified atom stereocenters. The molecule has 1 N–H and O–H groups in total. The van der Waals surface area contributed by atoms with Crippen LogP contribution in [0.1, 0.15) is 19.8 Å². The maximum Gasteiger partial charge on any atom is 0.318 e. The third kappa shape index (κ3) is 2.70. The number of allylic oxidation sites excluding steroid dienone is 2. The van der Waals surface area contributed by atoms with Gasteiger partial charge in [0.25, 0.3) is 0 Å². The molecule has 0 bridgehead atoms. The van der Waals surface area contributed by atoms with E-state index < -0.39 is 0 Å². The van der Waals surface area contributed by atoms with Crippen LogP contribution in [0, 0.1) is 5.92 Å². The van der Waals surface area contributed by atoms with E-state index in [1.165, 1.54) is 0 Å². The van der Waals surface area contributed by atoms with Crippen molar-refractivity contribution in [2.24, 2.45) is 5.92 Å². The lowest BCUT2D eigenvalue weighted by atomic mass is 10.1. The van der Waals surface area contributed by atoms with Crippen LogP contribution >= 0.6 is 0 Å². The summed E-state index contributed by atoms with van der Waals surface area (Å²) in [5.74, 6) is 0.328. The van der Waals surface area contributed by atoms with Gasteiger partial charge in [-0.05, 0) is 12.5 Å². The van der Waals surface area contributed by atoms with Crippen LogP contribution in [0.15, 0.2) is 24.0 Å². The first-order valence-electron chi connectivity index (χ1n) is 4.46. The second-order valence-corrected chi connectivity index (χ2v) is 2.92. The third-order valence-corrected chi connectivity index (χ3v) is 1.86. The Hall–Kier alpha value is -1.09. The van der Waals surface area contributed by atoms with Crippen molar-refractivity contribution in [2.75, 3.05) is 6.61 Å². The monoisotopic (exact) mass is 182 g/mol. The standard InChI is InChI=1S/C10H14O3/c1-2-4-9-7-8(5-3-6-11)10(12)13-9/h3-5,8,11H,2,6-7H2,1H3/b5-3+,9-4-. The number of hydrogen-bond donors (Lipinski definition) is 1. The molecule has 0 radical (unpaired) electrons. The zero-order chi connectivity index (χ0) is 9.68. The van der Waals surface area contributed by atoms with Crippen molar-refractivity contribution in [1.29, 1.82) is 0 Å². The molecule has 1 rings (SSSR count). The van der Waals surface area contributed by atoms with Gasteiger partial charge in [0.15, 0.2) is 0 Å². The lowest BCUT2D eigenvalue weighted by molar-refractivity contribution is -0.137. The molecule has 1 saturated heterocycles. The number of ether oxygens (including phenoxy) is 1. The summed E-state index contributed by atoms with van der Waals surface area (Å²) in [6.07, 6.45) is 6.67. The highest BCUT2D eigenvalue weighted by Crippen LogP contribution is 2.25. The van der Waals surface area contributed by atoms with Crippen molar-refractivity contribution in [3.05, 3.63) is 24.0 Å². The minimum atomic E-state index is -0.218. The van der Waals surface area contributed by atoms with Crippen LogP contribution in [0.25, 0.3) is 0 Å². The maximum absolute atomic E-state index is 11.2. The van der Waals surface area contributed by atoms with Crippen LogP contribution in [-0.4, -0.2) is 17.7 Å². The van der Waals surface area contributed by atoms with Crippen molar-refractivity contribution >= 4 is 5.97 Å². The molecule has 1 aliphatic rings. The average molecular weight is 182 g/mol. The summed E-state index contributed by atoms with van der Waals surface area (Å²) in [4.78, 5) is 11.2. The van der Waals surface area contributed by atoms with Gasteiger partial charge >= 0.3 is 5.97 Å². The van der Waals surface area contributed by atoms with Crippen molar-refractivity contribution in [1.82, 2.24) is 0 Å². The number of carbonyl (C=O) groups is 1. The number of esters is 1. The van der Waals surface area contributed by atoms with Gasteiger partial charge in [0.2, 0.25) is 0 Å². The van der Waals surface area contributed by atoms with Crippen molar-refractivity contribution in [3.63, 3.8) is 0 Å². The Labute approximate surface area is 77.7 Å². The molecule has 0 saturated carbocycles. The fourth-order valence-electron chi connectivity index (χ4n) is 1.27. The highest BCUT2D eigenvalue weighted by molar-refractivity contribution is 5.78. The number of carbonyl (C=O) groups excluding carboxylic acids is 1. The van der Waals surface area contributed by atoms with Gasteiger partial charge in [-0.25, -0.2) is 0 Å².